The zero-order valence-electron chi connectivity index (χ0n) is 55.8. The van der Waals surface area contributed by atoms with Gasteiger partial charge in [0.1, 0.15) is 0 Å². The number of hydrogen-bond donors (Lipinski definition) is 0. The Morgan fingerprint density at radius 2 is 0.723 bits per heavy atom. The Balaban J connectivity index is 0.0000000910. The van der Waals surface area contributed by atoms with Crippen molar-refractivity contribution in [3.05, 3.63) is 0 Å². The average molecular weight is 1320 g/mol. The number of rotatable bonds is 20. The number of carbonyl (C=O) groups excluding carboxylic acids is 3. The van der Waals surface area contributed by atoms with Crippen molar-refractivity contribution in [1.82, 2.24) is 0 Å². The number of fused-ring (bicyclic) bond motifs is 12. The summed E-state index contributed by atoms with van der Waals surface area (Å²) in [5.41, 5.74) is 0. The van der Waals surface area contributed by atoms with Crippen molar-refractivity contribution in [2.75, 3.05) is 59.5 Å². The summed E-state index contributed by atoms with van der Waals surface area (Å²) in [6.07, 6.45) is 43.7. The molecule has 0 radical (unpaired) electrons. The molecule has 526 valence electrons. The van der Waals surface area contributed by atoms with Crippen LogP contribution in [-0.2, 0) is 94.9 Å². The van der Waals surface area contributed by atoms with E-state index in [9.17, 15) is 14.4 Å². The van der Waals surface area contributed by atoms with Crippen LogP contribution >= 0.6 is 0 Å². The van der Waals surface area contributed by atoms with Crippen LogP contribution in [0.25, 0.3) is 0 Å². The Labute approximate surface area is 556 Å². The van der Waals surface area contributed by atoms with E-state index >= 15 is 0 Å². The summed E-state index contributed by atoms with van der Waals surface area (Å²) in [6.45, 7) is 6.62. The summed E-state index contributed by atoms with van der Waals surface area (Å²) in [5, 5.41) is 0. The smallest absolute Gasteiger partial charge is 0.309 e. The first-order valence-corrected chi connectivity index (χ1v) is 38.5. The van der Waals surface area contributed by atoms with Crippen LogP contribution in [0.3, 0.4) is 0 Å². The van der Waals surface area contributed by atoms with E-state index < -0.39 is 0 Å². The number of carbonyl (C=O) groups is 3. The maximum absolute atomic E-state index is 12.0. The van der Waals surface area contributed by atoms with Crippen LogP contribution in [0.15, 0.2) is 0 Å². The maximum atomic E-state index is 12.0. The summed E-state index contributed by atoms with van der Waals surface area (Å²) in [5.74, 6) is 5.48. The number of ether oxygens (including phenoxy) is 17. The second-order valence-corrected chi connectivity index (χ2v) is 33.1. The van der Waals surface area contributed by atoms with Crippen LogP contribution in [0.4, 0.5) is 0 Å². The lowest BCUT2D eigenvalue weighted by molar-refractivity contribution is -0.298. The largest absolute Gasteiger partial charge is 0.465 e. The fourth-order valence-electron chi connectivity index (χ4n) is 19.5. The second-order valence-electron chi connectivity index (χ2n) is 33.1. The van der Waals surface area contributed by atoms with Crippen LogP contribution < -0.4 is 0 Å². The predicted molar refractivity (Wildman–Crippen MR) is 334 cm³/mol. The predicted octanol–water partition coefficient (Wildman–Crippen LogP) is 9.40. The van der Waals surface area contributed by atoms with Crippen molar-refractivity contribution >= 4 is 17.9 Å². The molecule has 0 bridgehead atoms. The topological polar surface area (TPSA) is 241 Å². The van der Waals surface area contributed by atoms with Crippen molar-refractivity contribution in [1.29, 1.82) is 0 Å². The van der Waals surface area contributed by atoms with Gasteiger partial charge in [-0.15, -0.1) is 0 Å². The maximum Gasteiger partial charge on any atom is 0.309 e. The third-order valence-electron chi connectivity index (χ3n) is 26.2. The molecule has 0 amide bonds. The van der Waals surface area contributed by atoms with Gasteiger partial charge in [-0.2, -0.15) is 0 Å². The molecule has 0 aromatic rings. The van der Waals surface area contributed by atoms with Crippen LogP contribution in [0.1, 0.15) is 199 Å². The number of hydrogen-bond acceptors (Lipinski definition) is 20. The highest BCUT2D eigenvalue weighted by Crippen LogP contribution is 2.57. The second kappa shape index (κ2) is 28.7. The van der Waals surface area contributed by atoms with E-state index in [1.165, 1.54) is 77.0 Å². The van der Waals surface area contributed by atoms with Crippen molar-refractivity contribution < 1.29 is 94.9 Å². The van der Waals surface area contributed by atoms with Gasteiger partial charge >= 0.3 is 17.9 Å². The van der Waals surface area contributed by atoms with E-state index in [0.717, 1.165) is 154 Å². The Bertz CT molecular complexity index is 2510. The number of unbranched alkanes of at least 4 members (excludes halogenated alkanes) is 1. The Morgan fingerprint density at radius 1 is 0.330 bits per heavy atom. The number of epoxide rings is 10. The molecule has 20 heteroatoms. The molecule has 21 fully saturated rings. The highest BCUT2D eigenvalue weighted by atomic mass is 16.7. The third kappa shape index (κ3) is 17.2. The molecule has 0 aromatic carbocycles. The Kier molecular flexibility index (Phi) is 19.9. The molecule has 10 aliphatic carbocycles. The quantitative estimate of drug-likeness (QED) is 0.0477. The van der Waals surface area contributed by atoms with Crippen LogP contribution in [0, 0.1) is 59.2 Å². The zero-order chi connectivity index (χ0) is 62.9. The van der Waals surface area contributed by atoms with E-state index in [1.807, 2.05) is 0 Å². The van der Waals surface area contributed by atoms with Crippen molar-refractivity contribution in [2.24, 2.45) is 59.2 Å². The highest BCUT2D eigenvalue weighted by Gasteiger charge is 2.62. The molecule has 11 aliphatic heterocycles. The fraction of sp³-hybridized carbons (Fsp3) is 0.959. The monoisotopic (exact) mass is 1320 g/mol. The van der Waals surface area contributed by atoms with E-state index in [2.05, 4.69) is 0 Å². The van der Waals surface area contributed by atoms with Gasteiger partial charge in [0.05, 0.1) is 174 Å². The van der Waals surface area contributed by atoms with Gasteiger partial charge in [0, 0.05) is 44.8 Å². The van der Waals surface area contributed by atoms with Gasteiger partial charge in [0.2, 0.25) is 0 Å². The van der Waals surface area contributed by atoms with E-state index in [4.69, 9.17) is 80.5 Å². The molecule has 1 spiro atoms. The summed E-state index contributed by atoms with van der Waals surface area (Å²) in [4.78, 5) is 35.6. The fourth-order valence-corrected chi connectivity index (χ4v) is 19.5. The molecule has 21 aliphatic rings. The molecule has 0 N–H and O–H groups in total. The van der Waals surface area contributed by atoms with Gasteiger partial charge in [-0.3, -0.25) is 14.4 Å². The minimum absolute atomic E-state index is 0.00258. The van der Waals surface area contributed by atoms with Crippen molar-refractivity contribution in [2.45, 2.75) is 327 Å². The average Bonchev–Trinajstić information content (AvgIpc) is 1.57. The lowest BCUT2D eigenvalue weighted by atomic mass is 9.80. The lowest BCUT2D eigenvalue weighted by Gasteiger charge is -2.43. The SMILES string of the molecule is C(COCC1CCC2OC2C1)OCC1CCC2OC2C1.C1C2CC3OC3C2CC2OC12.C1CC2OC2CC1C1COC2(CCC3OC3C2)OC1.O=C(CCCCC(=O)OCC1CCC2OC2C1)OCC1CCC2OC2C1.O=C(OCC1CCC2OC2C1)C1CCC2OC2C1. The standard InChI is InChI=1S/C20H30O6.C16H26O4.C15H22O4.C14H20O4.C9H12O2/c21-19(23-11-13-5-7-15-17(9-13)25-15)3-1-2-4-20(22)24-12-14-6-8-16-18(10-14)26-16;1-3-13-15(19-13)7-11(1)9-17-5-6-18-10-12-2-4-14-16(8-12)20-14;1-2-11-13(18-11)5-9(1)10-7-16-15(17-8-10)4-3-12-14(6-15)19-12;15-14(9-2-4-11-13(6-9)18-11)16-7-8-1-3-10-12(5-8)17-10;1-4-2-8-9(11-8)5(4)3-7-6(1)10-7/h13-18H,1-12H2;11-16H,1-10H2;9-14H,1-8H2;8-13H,1-7H2;4-9H,1-3H2. The molecule has 10 saturated carbocycles. The summed E-state index contributed by atoms with van der Waals surface area (Å²) < 4.78 is 95.4. The molecule has 0 aromatic heterocycles. The summed E-state index contributed by atoms with van der Waals surface area (Å²) >= 11 is 0. The van der Waals surface area contributed by atoms with Gasteiger partial charge in [0.25, 0.3) is 0 Å². The molecule has 94 heavy (non-hydrogen) atoms. The summed E-state index contributed by atoms with van der Waals surface area (Å²) in [7, 11) is 0. The highest BCUT2D eigenvalue weighted by molar-refractivity contribution is 5.73. The Hall–Kier alpha value is -2.15. The first kappa shape index (κ1) is 65.2. The zero-order valence-corrected chi connectivity index (χ0v) is 55.8. The van der Waals surface area contributed by atoms with Gasteiger partial charge in [0.15, 0.2) is 5.79 Å². The van der Waals surface area contributed by atoms with Gasteiger partial charge < -0.3 is 80.5 Å². The third-order valence-corrected chi connectivity index (χ3v) is 26.2. The van der Waals surface area contributed by atoms with Gasteiger partial charge in [-0.05, 0) is 221 Å². The minimum atomic E-state index is -0.304. The van der Waals surface area contributed by atoms with E-state index in [1.54, 1.807) is 0 Å². The molecule has 21 rings (SSSR count). The van der Waals surface area contributed by atoms with Crippen LogP contribution in [0.2, 0.25) is 0 Å². The van der Waals surface area contributed by atoms with E-state index in [-0.39, 0.29) is 29.6 Å². The van der Waals surface area contributed by atoms with Gasteiger partial charge in [-0.25, -0.2) is 0 Å². The molecule has 29 atom stereocenters. The molecular weight excluding hydrogens is 1210 g/mol. The molecular formula is C74H110O20. The Morgan fingerprint density at radius 3 is 1.21 bits per heavy atom. The molecule has 11 saturated heterocycles. The lowest BCUT2D eigenvalue weighted by Crippen LogP contribution is -2.49. The van der Waals surface area contributed by atoms with Crippen LogP contribution in [0.5, 0.6) is 0 Å². The number of esters is 3. The molecule has 29 unspecified atom stereocenters. The first-order valence-electron chi connectivity index (χ1n) is 38.5. The first-order chi connectivity index (χ1) is 46.1. The molecule has 20 nitrogen and oxygen atoms in total. The van der Waals surface area contributed by atoms with E-state index in [0.29, 0.717) is 203 Å². The van der Waals surface area contributed by atoms with Crippen molar-refractivity contribution in [3.8, 4) is 0 Å². The normalized spacial score (nSPS) is 49.5. The van der Waals surface area contributed by atoms with Crippen molar-refractivity contribution in [3.63, 3.8) is 0 Å². The van der Waals surface area contributed by atoms with Crippen LogP contribution in [-0.4, -0.2) is 205 Å². The molecule has 11 heterocycles. The minimum Gasteiger partial charge on any atom is -0.465 e. The van der Waals surface area contributed by atoms with Gasteiger partial charge in [-0.1, -0.05) is 0 Å². The summed E-state index contributed by atoms with van der Waals surface area (Å²) in [6, 6.07) is 0.